The number of nitrogens with zero attached hydrogens (tertiary/aromatic N) is 1. The van der Waals surface area contributed by atoms with Crippen LogP contribution in [0.4, 0.5) is 0 Å². The highest BCUT2D eigenvalue weighted by molar-refractivity contribution is 5.76. The molecule has 2 heterocycles. The van der Waals surface area contributed by atoms with Gasteiger partial charge in [0.1, 0.15) is 6.61 Å². The molecule has 3 rings (SSSR count). The summed E-state index contributed by atoms with van der Waals surface area (Å²) < 4.78 is 11.5. The fourth-order valence-corrected chi connectivity index (χ4v) is 2.46. The van der Waals surface area contributed by atoms with Crippen molar-refractivity contribution in [1.82, 2.24) is 10.2 Å². The molecule has 0 aliphatic carbocycles. The monoisotopic (exact) mass is 276 g/mol. The van der Waals surface area contributed by atoms with Gasteiger partial charge in [0, 0.05) is 13.5 Å². The van der Waals surface area contributed by atoms with Crippen LogP contribution >= 0.6 is 0 Å². The minimum Gasteiger partial charge on any atom is -0.486 e. The van der Waals surface area contributed by atoms with E-state index in [1.807, 2.05) is 31.3 Å². The van der Waals surface area contributed by atoms with Gasteiger partial charge in [0.25, 0.3) is 0 Å². The molecule has 108 valence electrons. The maximum Gasteiger partial charge on any atom is 0.222 e. The molecule has 2 aliphatic rings. The Morgan fingerprint density at radius 3 is 2.80 bits per heavy atom. The molecule has 0 aromatic heterocycles. The molecule has 2 aliphatic heterocycles. The number of hydrogen-bond donors (Lipinski definition) is 1. The van der Waals surface area contributed by atoms with Crippen molar-refractivity contribution in [2.24, 2.45) is 5.92 Å². The van der Waals surface area contributed by atoms with E-state index >= 15 is 0 Å². The van der Waals surface area contributed by atoms with Gasteiger partial charge in [0.15, 0.2) is 17.6 Å². The zero-order valence-electron chi connectivity index (χ0n) is 11.7. The van der Waals surface area contributed by atoms with Gasteiger partial charge in [0.2, 0.25) is 5.91 Å². The molecule has 1 saturated heterocycles. The Bertz CT molecular complexity index is 488. The fraction of sp³-hybridized carbons (Fsp3) is 0.533. The van der Waals surface area contributed by atoms with Crippen LogP contribution in [0.2, 0.25) is 0 Å². The lowest BCUT2D eigenvalue weighted by molar-refractivity contribution is -0.132. The van der Waals surface area contributed by atoms with Crippen LogP contribution in [0.25, 0.3) is 0 Å². The molecule has 5 heteroatoms. The summed E-state index contributed by atoms with van der Waals surface area (Å²) in [6.07, 6.45) is 0.520. The second-order valence-electron chi connectivity index (χ2n) is 5.50. The predicted octanol–water partition coefficient (Wildman–Crippen LogP) is 0.894. The summed E-state index contributed by atoms with van der Waals surface area (Å²) in [4.78, 5) is 13.8. The third-order valence-corrected chi connectivity index (χ3v) is 3.80. The first-order valence-electron chi connectivity index (χ1n) is 7.05. The van der Waals surface area contributed by atoms with Gasteiger partial charge in [-0.15, -0.1) is 0 Å². The minimum absolute atomic E-state index is 0.0987. The number of ether oxygens (including phenoxy) is 2. The van der Waals surface area contributed by atoms with E-state index in [1.54, 1.807) is 4.90 Å². The zero-order chi connectivity index (χ0) is 13.9. The first-order chi connectivity index (χ1) is 9.72. The second kappa shape index (κ2) is 5.71. The Kier molecular flexibility index (Phi) is 3.78. The standard InChI is InChI=1S/C15H20N2O3/c1-17(15(18)6-11-7-16-8-11)9-12-10-19-13-4-2-3-5-14(13)20-12/h2-5,11-12,16H,6-10H2,1H3. The molecule has 20 heavy (non-hydrogen) atoms. The van der Waals surface area contributed by atoms with E-state index in [0.29, 0.717) is 25.5 Å². The number of nitrogens with one attached hydrogen (secondary N) is 1. The highest BCUT2D eigenvalue weighted by Gasteiger charge is 2.26. The highest BCUT2D eigenvalue weighted by Crippen LogP contribution is 2.31. The lowest BCUT2D eigenvalue weighted by Crippen LogP contribution is -2.46. The topological polar surface area (TPSA) is 50.8 Å². The normalized spacial score (nSPS) is 21.1. The molecule has 1 N–H and O–H groups in total. The Morgan fingerprint density at radius 1 is 1.35 bits per heavy atom. The van der Waals surface area contributed by atoms with E-state index < -0.39 is 0 Å². The van der Waals surface area contributed by atoms with E-state index in [0.717, 1.165) is 24.6 Å². The molecule has 1 amide bonds. The van der Waals surface area contributed by atoms with E-state index in [-0.39, 0.29) is 12.0 Å². The van der Waals surface area contributed by atoms with Gasteiger partial charge in [-0.1, -0.05) is 12.1 Å². The van der Waals surface area contributed by atoms with Crippen LogP contribution in [-0.2, 0) is 4.79 Å². The van der Waals surface area contributed by atoms with Crippen molar-refractivity contribution in [3.63, 3.8) is 0 Å². The molecule has 1 fully saturated rings. The van der Waals surface area contributed by atoms with Crippen LogP contribution in [0.3, 0.4) is 0 Å². The first-order valence-corrected chi connectivity index (χ1v) is 7.05. The van der Waals surface area contributed by atoms with Crippen LogP contribution in [0.1, 0.15) is 6.42 Å². The average Bonchev–Trinajstić information content (AvgIpc) is 2.42. The van der Waals surface area contributed by atoms with Gasteiger partial charge in [-0.2, -0.15) is 0 Å². The van der Waals surface area contributed by atoms with Crippen molar-refractivity contribution in [2.75, 3.05) is 33.3 Å². The minimum atomic E-state index is -0.0987. The zero-order valence-corrected chi connectivity index (χ0v) is 11.7. The van der Waals surface area contributed by atoms with Crippen LogP contribution in [0.5, 0.6) is 11.5 Å². The molecule has 0 radical (unpaired) electrons. The highest BCUT2D eigenvalue weighted by atomic mass is 16.6. The summed E-state index contributed by atoms with van der Waals surface area (Å²) in [5, 5.41) is 3.18. The number of likely N-dealkylation sites (N-methyl/N-ethyl adjacent to an activating group) is 1. The summed E-state index contributed by atoms with van der Waals surface area (Å²) in [6.45, 7) is 2.96. The molecule has 5 nitrogen and oxygen atoms in total. The molecule has 1 aromatic carbocycles. The Labute approximate surface area is 118 Å². The van der Waals surface area contributed by atoms with E-state index in [1.165, 1.54) is 0 Å². The predicted molar refractivity (Wildman–Crippen MR) is 75.0 cm³/mol. The number of hydrogen-bond acceptors (Lipinski definition) is 4. The summed E-state index contributed by atoms with van der Waals surface area (Å²) in [6, 6.07) is 7.63. The summed E-state index contributed by atoms with van der Waals surface area (Å²) in [5.41, 5.74) is 0. The van der Waals surface area contributed by atoms with Crippen LogP contribution < -0.4 is 14.8 Å². The van der Waals surface area contributed by atoms with Crippen molar-refractivity contribution < 1.29 is 14.3 Å². The number of benzene rings is 1. The van der Waals surface area contributed by atoms with Crippen molar-refractivity contribution in [3.05, 3.63) is 24.3 Å². The van der Waals surface area contributed by atoms with Gasteiger partial charge in [-0.05, 0) is 31.1 Å². The molecule has 0 bridgehead atoms. The fourth-order valence-electron chi connectivity index (χ4n) is 2.46. The molecule has 0 spiro atoms. The van der Waals surface area contributed by atoms with Gasteiger partial charge in [-0.3, -0.25) is 4.79 Å². The van der Waals surface area contributed by atoms with E-state index in [9.17, 15) is 4.79 Å². The maximum absolute atomic E-state index is 12.1. The first kappa shape index (κ1) is 13.2. The van der Waals surface area contributed by atoms with Crippen molar-refractivity contribution in [2.45, 2.75) is 12.5 Å². The van der Waals surface area contributed by atoms with Crippen molar-refractivity contribution in [3.8, 4) is 11.5 Å². The van der Waals surface area contributed by atoms with Crippen molar-refractivity contribution in [1.29, 1.82) is 0 Å². The summed E-state index contributed by atoms with van der Waals surface area (Å²) >= 11 is 0. The largest absolute Gasteiger partial charge is 0.486 e. The lowest BCUT2D eigenvalue weighted by Gasteiger charge is -2.31. The number of rotatable bonds is 4. The van der Waals surface area contributed by atoms with Crippen LogP contribution in [0, 0.1) is 5.92 Å². The third kappa shape index (κ3) is 2.88. The maximum atomic E-state index is 12.1. The molecule has 0 saturated carbocycles. The number of carbonyl (C=O) groups excluding carboxylic acids is 1. The quantitative estimate of drug-likeness (QED) is 0.887. The number of amides is 1. The van der Waals surface area contributed by atoms with Crippen LogP contribution in [0.15, 0.2) is 24.3 Å². The third-order valence-electron chi connectivity index (χ3n) is 3.80. The smallest absolute Gasteiger partial charge is 0.222 e. The SMILES string of the molecule is CN(CC1COc2ccccc2O1)C(=O)CC1CNC1. The molecular weight excluding hydrogens is 256 g/mol. The number of fused-ring (bicyclic) bond motifs is 1. The van der Waals surface area contributed by atoms with E-state index in [4.69, 9.17) is 9.47 Å². The molecular formula is C15H20N2O3. The number of para-hydroxylation sites is 2. The lowest BCUT2D eigenvalue weighted by atomic mass is 9.99. The Morgan fingerprint density at radius 2 is 2.10 bits per heavy atom. The average molecular weight is 276 g/mol. The summed E-state index contributed by atoms with van der Waals surface area (Å²) in [5.74, 6) is 2.21. The van der Waals surface area contributed by atoms with Gasteiger partial charge >= 0.3 is 0 Å². The summed E-state index contributed by atoms with van der Waals surface area (Å²) in [7, 11) is 1.83. The van der Waals surface area contributed by atoms with E-state index in [2.05, 4.69) is 5.32 Å². The molecule has 1 aromatic rings. The van der Waals surface area contributed by atoms with Gasteiger partial charge in [0.05, 0.1) is 6.54 Å². The second-order valence-corrected chi connectivity index (χ2v) is 5.50. The number of carbonyl (C=O) groups is 1. The molecule has 1 atom stereocenters. The van der Waals surface area contributed by atoms with Crippen LogP contribution in [-0.4, -0.2) is 50.2 Å². The Balaban J connectivity index is 1.52. The van der Waals surface area contributed by atoms with Gasteiger partial charge < -0.3 is 19.7 Å². The molecule has 1 unspecified atom stereocenters. The van der Waals surface area contributed by atoms with Crippen molar-refractivity contribution >= 4 is 5.91 Å². The van der Waals surface area contributed by atoms with Gasteiger partial charge in [-0.25, -0.2) is 0 Å². The Hall–Kier alpha value is -1.75.